The summed E-state index contributed by atoms with van der Waals surface area (Å²) in [5.74, 6) is 0.613. The third-order valence-corrected chi connectivity index (χ3v) is 12.4. The minimum absolute atomic E-state index is 0.00281. The van der Waals surface area contributed by atoms with E-state index in [9.17, 15) is 37.1 Å². The fourth-order valence-electron chi connectivity index (χ4n) is 8.92. The van der Waals surface area contributed by atoms with Gasteiger partial charge in [0, 0.05) is 72.7 Å². The average Bonchev–Trinajstić information content (AvgIpc) is 3.88. The van der Waals surface area contributed by atoms with Gasteiger partial charge in [0.25, 0.3) is 5.91 Å². The Morgan fingerprint density at radius 1 is 0.939 bits per heavy atom. The van der Waals surface area contributed by atoms with Crippen LogP contribution in [0.15, 0.2) is 48.5 Å². The lowest BCUT2D eigenvalue weighted by molar-refractivity contribution is -0.138. The van der Waals surface area contributed by atoms with Crippen LogP contribution in [0.25, 0.3) is 10.9 Å². The summed E-state index contributed by atoms with van der Waals surface area (Å²) in [4.78, 5) is 75.5. The van der Waals surface area contributed by atoms with E-state index >= 15 is 0 Å². The number of halogens is 3. The number of hydrogen-bond donors (Lipinski definition) is 4. The van der Waals surface area contributed by atoms with Crippen LogP contribution in [0.4, 0.5) is 30.4 Å². The minimum atomic E-state index is -4.55. The molecule has 3 atom stereocenters. The quantitative estimate of drug-likeness (QED) is 0.0404. The molecule has 3 aromatic carbocycles. The highest BCUT2D eigenvalue weighted by Crippen LogP contribution is 2.38. The number of carbonyl (C=O) groups is 5. The molecule has 5 amide bonds. The summed E-state index contributed by atoms with van der Waals surface area (Å²) in [5, 5.41) is 9.09. The van der Waals surface area contributed by atoms with Crippen molar-refractivity contribution in [3.05, 3.63) is 76.6 Å². The molecule has 3 aliphatic heterocycles. The van der Waals surface area contributed by atoms with Crippen molar-refractivity contribution in [2.75, 3.05) is 36.6 Å². The third kappa shape index (κ3) is 11.5. The summed E-state index contributed by atoms with van der Waals surface area (Å²) in [7, 11) is 1.53. The molecule has 5 N–H and O–H groups in total. The Hall–Kier alpha value is -6.46. The molecule has 0 radical (unpaired) electrons. The highest BCUT2D eigenvalue weighted by molar-refractivity contribution is 6.07. The van der Waals surface area contributed by atoms with Crippen molar-refractivity contribution < 1.29 is 46.6 Å². The standard InChI is InChI=1S/C48H57F3N8O7/c1-28(30-21-31(48(49,50)51)23-32(52)22-30)53-45-35-24-41(40(65-3)25-38(35)54-29(2)55-45)66-33-19-20-58(26-33)44(62)16-11-9-7-5-4-6-8-10-15-42(60)56-37-14-12-13-34-36(37)27-59(47(34)64)39-17-18-43(61)57-46(39)63/h12-14,21-25,28,33,39H,4-11,15-20,26-27,52H2,1-3H3,(H,56,60)(H,53,54,55)(H,57,61,63)/t28-,33+,39?/m1/s1. The third-order valence-electron chi connectivity index (χ3n) is 12.4. The van der Waals surface area contributed by atoms with Crippen LogP contribution < -0.4 is 31.2 Å². The number of ether oxygens (including phenoxy) is 2. The zero-order valence-corrected chi connectivity index (χ0v) is 37.5. The molecular weight excluding hydrogens is 858 g/mol. The van der Waals surface area contributed by atoms with E-state index in [1.165, 1.54) is 18.1 Å². The average molecular weight is 915 g/mol. The van der Waals surface area contributed by atoms with Gasteiger partial charge >= 0.3 is 6.18 Å². The number of nitrogens with zero attached hydrogens (tertiary/aromatic N) is 4. The van der Waals surface area contributed by atoms with Crippen molar-refractivity contribution >= 4 is 57.6 Å². The van der Waals surface area contributed by atoms with Gasteiger partial charge in [0.15, 0.2) is 11.5 Å². The van der Waals surface area contributed by atoms with Gasteiger partial charge in [0.1, 0.15) is 23.8 Å². The Bertz CT molecular complexity index is 2480. The number of amides is 5. The number of unbranched alkanes of at least 4 members (excludes halogenated alkanes) is 7. The number of aromatic nitrogens is 2. The first-order valence-corrected chi connectivity index (χ1v) is 22.7. The maximum absolute atomic E-state index is 13.5. The highest BCUT2D eigenvalue weighted by Gasteiger charge is 2.40. The van der Waals surface area contributed by atoms with Crippen LogP contribution in [0.3, 0.4) is 0 Å². The maximum atomic E-state index is 13.5. The van der Waals surface area contributed by atoms with Crippen molar-refractivity contribution in [2.45, 2.75) is 128 Å². The number of likely N-dealkylation sites (tertiary alicyclic amines) is 1. The summed E-state index contributed by atoms with van der Waals surface area (Å²) in [6.07, 6.45) is 4.55. The van der Waals surface area contributed by atoms with E-state index < -0.39 is 29.7 Å². The topological polar surface area (TPSA) is 198 Å². The van der Waals surface area contributed by atoms with E-state index in [0.717, 1.165) is 63.5 Å². The Morgan fingerprint density at radius 3 is 2.38 bits per heavy atom. The first kappa shape index (κ1) is 47.5. The number of nitrogen functional groups attached to an aromatic ring is 1. The number of nitrogens with one attached hydrogen (secondary N) is 3. The molecule has 4 aromatic rings. The molecule has 15 nitrogen and oxygen atoms in total. The zero-order valence-electron chi connectivity index (χ0n) is 37.5. The molecule has 18 heteroatoms. The highest BCUT2D eigenvalue weighted by atomic mass is 19.4. The van der Waals surface area contributed by atoms with Crippen molar-refractivity contribution in [1.29, 1.82) is 0 Å². The number of benzene rings is 3. The van der Waals surface area contributed by atoms with Crippen LogP contribution in [0.2, 0.25) is 0 Å². The zero-order chi connectivity index (χ0) is 47.1. The second-order valence-electron chi connectivity index (χ2n) is 17.4. The first-order chi connectivity index (χ1) is 31.6. The van der Waals surface area contributed by atoms with Crippen LogP contribution in [-0.4, -0.2) is 81.6 Å². The molecular formula is C48H57F3N8O7. The molecule has 2 saturated heterocycles. The smallest absolute Gasteiger partial charge is 0.416 e. The number of methoxy groups -OCH3 is 1. The van der Waals surface area contributed by atoms with E-state index in [-0.39, 0.29) is 54.8 Å². The van der Waals surface area contributed by atoms with Gasteiger partial charge in [-0.2, -0.15) is 13.2 Å². The van der Waals surface area contributed by atoms with Gasteiger partial charge in [-0.3, -0.25) is 29.3 Å². The molecule has 0 spiro atoms. The summed E-state index contributed by atoms with van der Waals surface area (Å²) in [6.45, 7) is 4.64. The summed E-state index contributed by atoms with van der Waals surface area (Å²) < 4.78 is 52.7. The Morgan fingerprint density at radius 2 is 1.67 bits per heavy atom. The van der Waals surface area contributed by atoms with E-state index in [1.54, 1.807) is 44.2 Å². The van der Waals surface area contributed by atoms with Gasteiger partial charge < -0.3 is 35.6 Å². The van der Waals surface area contributed by atoms with Gasteiger partial charge in [0.05, 0.1) is 30.8 Å². The van der Waals surface area contributed by atoms with Crippen molar-refractivity contribution in [3.8, 4) is 11.5 Å². The minimum Gasteiger partial charge on any atom is -0.493 e. The molecule has 3 aliphatic rings. The first-order valence-electron chi connectivity index (χ1n) is 22.7. The normalized spacial score (nSPS) is 17.8. The largest absolute Gasteiger partial charge is 0.493 e. The number of alkyl halides is 3. The van der Waals surface area contributed by atoms with Crippen LogP contribution in [0, 0.1) is 6.92 Å². The van der Waals surface area contributed by atoms with Gasteiger partial charge in [0.2, 0.25) is 23.6 Å². The number of rotatable bonds is 19. The van der Waals surface area contributed by atoms with Crippen molar-refractivity contribution in [2.24, 2.45) is 0 Å². The number of imide groups is 1. The number of anilines is 3. The van der Waals surface area contributed by atoms with Crippen LogP contribution in [-0.2, 0) is 31.9 Å². The summed E-state index contributed by atoms with van der Waals surface area (Å²) in [6, 6.07) is 10.8. The lowest BCUT2D eigenvalue weighted by atomic mass is 10.0. The number of hydrogen-bond acceptors (Lipinski definition) is 11. The molecule has 4 heterocycles. The summed E-state index contributed by atoms with van der Waals surface area (Å²) in [5.41, 5.74) is 7.61. The Kier molecular flexibility index (Phi) is 15.0. The molecule has 0 saturated carbocycles. The number of nitrogens with two attached hydrogens (primary N) is 1. The Labute approximate surface area is 381 Å². The molecule has 1 aromatic heterocycles. The Balaban J connectivity index is 0.798. The SMILES string of the molecule is COc1cc2nc(C)nc(N[C@H](C)c3cc(N)cc(C(F)(F)F)c3)c2cc1O[C@H]1CCN(C(=O)CCCCCCCCCCC(=O)Nc2cccc3c2CN(C2CCC(=O)NC2=O)C3=O)C1. The van der Waals surface area contributed by atoms with Crippen LogP contribution in [0.5, 0.6) is 11.5 Å². The van der Waals surface area contributed by atoms with Gasteiger partial charge in [-0.15, -0.1) is 0 Å². The number of fused-ring (bicyclic) bond motifs is 2. The maximum Gasteiger partial charge on any atom is 0.416 e. The van der Waals surface area contributed by atoms with E-state index in [2.05, 4.69) is 25.9 Å². The van der Waals surface area contributed by atoms with Crippen LogP contribution in [0.1, 0.15) is 129 Å². The van der Waals surface area contributed by atoms with Gasteiger partial charge in [-0.25, -0.2) is 9.97 Å². The monoisotopic (exact) mass is 914 g/mol. The van der Waals surface area contributed by atoms with E-state index in [0.29, 0.717) is 88.8 Å². The fraction of sp³-hybridized carbons (Fsp3) is 0.479. The van der Waals surface area contributed by atoms with Gasteiger partial charge in [-0.1, -0.05) is 44.6 Å². The molecule has 0 aliphatic carbocycles. The molecule has 0 bridgehead atoms. The lowest BCUT2D eigenvalue weighted by Gasteiger charge is -2.29. The second-order valence-corrected chi connectivity index (χ2v) is 17.4. The van der Waals surface area contributed by atoms with Crippen molar-refractivity contribution in [1.82, 2.24) is 25.1 Å². The number of carbonyl (C=O) groups excluding carboxylic acids is 5. The van der Waals surface area contributed by atoms with Crippen LogP contribution >= 0.6 is 0 Å². The van der Waals surface area contributed by atoms with E-state index in [1.807, 2.05) is 4.90 Å². The second kappa shape index (κ2) is 20.8. The predicted octanol–water partition coefficient (Wildman–Crippen LogP) is 8.00. The van der Waals surface area contributed by atoms with Gasteiger partial charge in [-0.05, 0) is 75.1 Å². The lowest BCUT2D eigenvalue weighted by Crippen LogP contribution is -2.52. The number of piperidine rings is 1. The summed E-state index contributed by atoms with van der Waals surface area (Å²) >= 11 is 0. The predicted molar refractivity (Wildman–Crippen MR) is 242 cm³/mol. The molecule has 66 heavy (non-hydrogen) atoms. The van der Waals surface area contributed by atoms with E-state index in [4.69, 9.17) is 15.2 Å². The van der Waals surface area contributed by atoms with Crippen molar-refractivity contribution in [3.63, 3.8) is 0 Å². The fourth-order valence-corrected chi connectivity index (χ4v) is 8.92. The molecule has 1 unspecified atom stereocenters. The number of aryl methyl sites for hydroxylation is 1. The molecule has 2 fully saturated rings. The molecule has 352 valence electrons. The molecule has 7 rings (SSSR count).